The smallest absolute Gasteiger partial charge is 0.339 e. The largest absolute Gasteiger partial charge is 0.493 e. The fraction of sp³-hybridized carbons (Fsp3) is 0.364. The van der Waals surface area contributed by atoms with Gasteiger partial charge in [-0.25, -0.2) is 13.2 Å². The van der Waals surface area contributed by atoms with E-state index in [1.807, 2.05) is 4.89 Å². The van der Waals surface area contributed by atoms with Gasteiger partial charge in [-0.1, -0.05) is 4.89 Å². The van der Waals surface area contributed by atoms with Crippen molar-refractivity contribution < 1.29 is 32.6 Å². The SMILES string of the molecule is CCONS(=O)(=O)c1cc(OC)c(OC)c(C(=O)O)c1. The molecule has 1 aromatic carbocycles. The van der Waals surface area contributed by atoms with Crippen LogP contribution in [0.1, 0.15) is 17.3 Å². The van der Waals surface area contributed by atoms with Crippen LogP contribution in [0.3, 0.4) is 0 Å². The monoisotopic (exact) mass is 305 g/mol. The molecule has 0 fully saturated rings. The fourth-order valence-corrected chi connectivity index (χ4v) is 2.34. The Balaban J connectivity index is 3.43. The molecule has 1 rings (SSSR count). The zero-order valence-electron chi connectivity index (χ0n) is 11.2. The van der Waals surface area contributed by atoms with Gasteiger partial charge in [0.25, 0.3) is 10.0 Å². The van der Waals surface area contributed by atoms with Crippen LogP contribution in [0.15, 0.2) is 17.0 Å². The Kier molecular flexibility index (Phi) is 5.31. The maximum atomic E-state index is 11.9. The van der Waals surface area contributed by atoms with Gasteiger partial charge in [-0.2, -0.15) is 0 Å². The van der Waals surface area contributed by atoms with Gasteiger partial charge in [-0.3, -0.25) is 4.84 Å². The molecule has 0 atom stereocenters. The molecular formula is C11H15NO7S. The molecule has 2 N–H and O–H groups in total. The maximum Gasteiger partial charge on any atom is 0.339 e. The van der Waals surface area contributed by atoms with E-state index in [0.717, 1.165) is 12.1 Å². The third-order valence-electron chi connectivity index (χ3n) is 2.31. The summed E-state index contributed by atoms with van der Waals surface area (Å²) in [6, 6.07) is 2.11. The molecule has 1 aromatic rings. The first-order chi connectivity index (χ1) is 9.37. The number of hydrogen-bond donors (Lipinski definition) is 2. The van der Waals surface area contributed by atoms with Crippen LogP contribution >= 0.6 is 0 Å². The molecule has 0 aliphatic heterocycles. The van der Waals surface area contributed by atoms with Crippen molar-refractivity contribution in [1.29, 1.82) is 0 Å². The zero-order chi connectivity index (χ0) is 15.3. The van der Waals surface area contributed by atoms with Gasteiger partial charge in [0.1, 0.15) is 5.56 Å². The Labute approximate surface area is 116 Å². The Morgan fingerprint density at radius 1 is 1.30 bits per heavy atom. The predicted molar refractivity (Wildman–Crippen MR) is 68.5 cm³/mol. The highest BCUT2D eigenvalue weighted by Crippen LogP contribution is 2.34. The van der Waals surface area contributed by atoms with Crippen LogP contribution in [0.4, 0.5) is 0 Å². The van der Waals surface area contributed by atoms with Crippen molar-refractivity contribution in [2.24, 2.45) is 0 Å². The lowest BCUT2D eigenvalue weighted by atomic mass is 10.2. The summed E-state index contributed by atoms with van der Waals surface area (Å²) in [5.74, 6) is -1.41. The van der Waals surface area contributed by atoms with Crippen LogP contribution in [0.25, 0.3) is 0 Å². The van der Waals surface area contributed by atoms with E-state index in [9.17, 15) is 13.2 Å². The number of sulfonamides is 1. The number of aromatic carboxylic acids is 1. The molecule has 0 amide bonds. The second-order valence-electron chi connectivity index (χ2n) is 3.53. The lowest BCUT2D eigenvalue weighted by Crippen LogP contribution is -2.24. The number of ether oxygens (including phenoxy) is 2. The highest BCUT2D eigenvalue weighted by molar-refractivity contribution is 7.89. The van der Waals surface area contributed by atoms with Crippen molar-refractivity contribution in [1.82, 2.24) is 4.89 Å². The average molecular weight is 305 g/mol. The number of hydrogen-bond acceptors (Lipinski definition) is 6. The Hall–Kier alpha value is -1.84. The number of nitrogens with one attached hydrogen (secondary N) is 1. The topological polar surface area (TPSA) is 111 Å². The van der Waals surface area contributed by atoms with Gasteiger partial charge in [0.2, 0.25) is 0 Å². The predicted octanol–water partition coefficient (Wildman–Crippen LogP) is 0.632. The first-order valence-electron chi connectivity index (χ1n) is 5.50. The number of benzene rings is 1. The van der Waals surface area contributed by atoms with E-state index in [1.54, 1.807) is 6.92 Å². The van der Waals surface area contributed by atoms with Crippen molar-refractivity contribution >= 4 is 16.0 Å². The minimum atomic E-state index is -4.01. The van der Waals surface area contributed by atoms with Gasteiger partial charge in [0, 0.05) is 6.07 Å². The zero-order valence-corrected chi connectivity index (χ0v) is 12.0. The fourth-order valence-electron chi connectivity index (χ4n) is 1.44. The van der Waals surface area contributed by atoms with Crippen LogP contribution < -0.4 is 14.4 Å². The molecule has 8 nitrogen and oxygen atoms in total. The van der Waals surface area contributed by atoms with Gasteiger partial charge in [0.15, 0.2) is 11.5 Å². The Bertz CT molecular complexity index is 597. The summed E-state index contributed by atoms with van der Waals surface area (Å²) in [7, 11) is -1.47. The second-order valence-corrected chi connectivity index (χ2v) is 5.18. The van der Waals surface area contributed by atoms with Crippen LogP contribution in [-0.2, 0) is 14.9 Å². The van der Waals surface area contributed by atoms with Gasteiger partial charge in [0.05, 0.1) is 25.7 Å². The minimum Gasteiger partial charge on any atom is -0.493 e. The number of carbonyl (C=O) groups is 1. The molecule has 0 aliphatic rings. The number of rotatable bonds is 7. The van der Waals surface area contributed by atoms with E-state index in [1.165, 1.54) is 14.2 Å². The highest BCUT2D eigenvalue weighted by Gasteiger charge is 2.23. The van der Waals surface area contributed by atoms with E-state index >= 15 is 0 Å². The van der Waals surface area contributed by atoms with Crippen molar-refractivity contribution in [3.05, 3.63) is 17.7 Å². The molecule has 0 bridgehead atoms. The maximum absolute atomic E-state index is 11.9. The van der Waals surface area contributed by atoms with E-state index in [0.29, 0.717) is 0 Å². The van der Waals surface area contributed by atoms with Crippen LogP contribution in [0, 0.1) is 0 Å². The van der Waals surface area contributed by atoms with Gasteiger partial charge >= 0.3 is 5.97 Å². The van der Waals surface area contributed by atoms with Gasteiger partial charge in [-0.05, 0) is 13.0 Å². The number of carboxylic acids is 1. The summed E-state index contributed by atoms with van der Waals surface area (Å²) >= 11 is 0. The summed E-state index contributed by atoms with van der Waals surface area (Å²) in [5.41, 5.74) is -0.330. The summed E-state index contributed by atoms with van der Waals surface area (Å²) in [5, 5.41) is 9.10. The molecule has 0 unspecified atom stereocenters. The van der Waals surface area contributed by atoms with E-state index in [4.69, 9.17) is 14.6 Å². The molecular weight excluding hydrogens is 290 g/mol. The molecule has 9 heteroatoms. The average Bonchev–Trinajstić information content (AvgIpc) is 2.43. The van der Waals surface area contributed by atoms with Gasteiger partial charge in [-0.15, -0.1) is 0 Å². The van der Waals surface area contributed by atoms with E-state index < -0.39 is 16.0 Å². The lowest BCUT2D eigenvalue weighted by Gasteiger charge is -2.13. The van der Waals surface area contributed by atoms with Crippen molar-refractivity contribution in [3.8, 4) is 11.5 Å². The molecule has 0 aliphatic carbocycles. The molecule has 112 valence electrons. The van der Waals surface area contributed by atoms with Crippen LogP contribution in [-0.4, -0.2) is 40.3 Å². The summed E-state index contributed by atoms with van der Waals surface area (Å²) in [4.78, 5) is 17.3. The second kappa shape index (κ2) is 6.55. The first-order valence-corrected chi connectivity index (χ1v) is 6.98. The first kappa shape index (κ1) is 16.2. The number of carboxylic acid groups (broad SMARTS) is 1. The third kappa shape index (κ3) is 3.38. The molecule has 0 aromatic heterocycles. The standard InChI is InChI=1S/C11H15NO7S/c1-4-19-12-20(15,16)7-5-8(11(13)14)10(18-3)9(6-7)17-2/h5-6,12H,4H2,1-3H3,(H,13,14). The number of methoxy groups -OCH3 is 2. The molecule has 20 heavy (non-hydrogen) atoms. The third-order valence-corrected chi connectivity index (χ3v) is 3.50. The normalized spacial score (nSPS) is 11.2. The summed E-state index contributed by atoms with van der Waals surface area (Å²) in [6.45, 7) is 1.72. The molecule has 0 saturated carbocycles. The van der Waals surface area contributed by atoms with Gasteiger partial charge < -0.3 is 14.6 Å². The molecule has 0 radical (unpaired) electrons. The summed E-state index contributed by atoms with van der Waals surface area (Å²) in [6.07, 6.45) is 0. The molecule has 0 heterocycles. The van der Waals surface area contributed by atoms with Crippen LogP contribution in [0.5, 0.6) is 11.5 Å². The Morgan fingerprint density at radius 3 is 2.40 bits per heavy atom. The molecule has 0 spiro atoms. The highest BCUT2D eigenvalue weighted by atomic mass is 32.2. The van der Waals surface area contributed by atoms with E-state index in [2.05, 4.69) is 4.84 Å². The summed E-state index contributed by atoms with van der Waals surface area (Å²) < 4.78 is 33.7. The Morgan fingerprint density at radius 2 is 1.95 bits per heavy atom. The lowest BCUT2D eigenvalue weighted by molar-refractivity contribution is 0.0692. The van der Waals surface area contributed by atoms with Crippen molar-refractivity contribution in [3.63, 3.8) is 0 Å². The van der Waals surface area contributed by atoms with E-state index in [-0.39, 0.29) is 28.6 Å². The van der Waals surface area contributed by atoms with Crippen molar-refractivity contribution in [2.45, 2.75) is 11.8 Å². The molecule has 0 saturated heterocycles. The van der Waals surface area contributed by atoms with Crippen LogP contribution in [0.2, 0.25) is 0 Å². The van der Waals surface area contributed by atoms with Crippen molar-refractivity contribution in [2.75, 3.05) is 20.8 Å². The quantitative estimate of drug-likeness (QED) is 0.711. The minimum absolute atomic E-state index is 0.00993.